The van der Waals surface area contributed by atoms with Crippen molar-refractivity contribution >= 4 is 55.6 Å². The summed E-state index contributed by atoms with van der Waals surface area (Å²) >= 11 is 0.724. The molecule has 0 unspecified atom stereocenters. The number of thioether (sulfide) groups is 1. The summed E-state index contributed by atoms with van der Waals surface area (Å²) in [7, 11) is -4.08. The molecule has 5 rings (SSSR count). The van der Waals surface area contributed by atoms with Gasteiger partial charge in [0.15, 0.2) is 0 Å². The number of carbonyl (C=O) groups excluding carboxylic acids is 2. The number of nitrogens with zero attached hydrogens (tertiary/aromatic N) is 2. The van der Waals surface area contributed by atoms with E-state index in [0.29, 0.717) is 5.56 Å². The summed E-state index contributed by atoms with van der Waals surface area (Å²) in [5.41, 5.74) is 0.608. The van der Waals surface area contributed by atoms with Crippen molar-refractivity contribution < 1.29 is 27.1 Å². The van der Waals surface area contributed by atoms with Gasteiger partial charge in [-0.05, 0) is 58.4 Å². The highest BCUT2D eigenvalue weighted by molar-refractivity contribution is 8.18. The number of fused-ring (bicyclic) bond motifs is 1. The second-order valence-electron chi connectivity index (χ2n) is 8.27. The summed E-state index contributed by atoms with van der Waals surface area (Å²) in [6.45, 7) is -0.224. The Hall–Kier alpha value is -4.48. The molecule has 0 bridgehead atoms. The van der Waals surface area contributed by atoms with Gasteiger partial charge >= 0.3 is 10.1 Å². The molecule has 0 atom stereocenters. The standard InChI is InChI=1S/C27H18N2O7S2/c30-26-25(37-27(31)28(26)17-21-7-3-4-8-24(21)29(32)33)15-18-9-12-22(13-10-18)36-38(34,35)23-14-11-19-5-1-2-6-20(19)16-23/h1-16H,17H2/b25-15-. The summed E-state index contributed by atoms with van der Waals surface area (Å²) in [4.78, 5) is 37.1. The number of benzene rings is 4. The molecule has 1 saturated heterocycles. The fourth-order valence-corrected chi connectivity index (χ4v) is 5.70. The van der Waals surface area contributed by atoms with Gasteiger partial charge in [0.25, 0.3) is 16.8 Å². The van der Waals surface area contributed by atoms with Crippen LogP contribution in [0.4, 0.5) is 10.5 Å². The average molecular weight is 547 g/mol. The third-order valence-corrected chi connectivity index (χ3v) is 7.93. The number of nitro benzene ring substituents is 1. The number of nitro groups is 1. The third kappa shape index (κ3) is 5.15. The smallest absolute Gasteiger partial charge is 0.339 e. The van der Waals surface area contributed by atoms with Gasteiger partial charge in [-0.1, -0.05) is 60.7 Å². The van der Waals surface area contributed by atoms with Crippen LogP contribution in [0.25, 0.3) is 16.8 Å². The molecule has 0 aromatic heterocycles. The molecule has 0 N–H and O–H groups in total. The van der Waals surface area contributed by atoms with Gasteiger partial charge in [0, 0.05) is 11.6 Å². The van der Waals surface area contributed by atoms with Crippen molar-refractivity contribution in [2.75, 3.05) is 0 Å². The maximum Gasteiger partial charge on any atom is 0.339 e. The molecule has 11 heteroatoms. The Morgan fingerprint density at radius 3 is 2.32 bits per heavy atom. The molecule has 0 radical (unpaired) electrons. The maximum absolute atomic E-state index is 12.9. The zero-order chi connectivity index (χ0) is 26.9. The van der Waals surface area contributed by atoms with Gasteiger partial charge in [0.1, 0.15) is 10.6 Å². The lowest BCUT2D eigenvalue weighted by Crippen LogP contribution is -2.27. The van der Waals surface area contributed by atoms with Gasteiger partial charge in [-0.25, -0.2) is 0 Å². The number of hydrogen-bond acceptors (Lipinski definition) is 8. The lowest BCUT2D eigenvalue weighted by atomic mass is 10.1. The molecule has 4 aromatic rings. The zero-order valence-electron chi connectivity index (χ0n) is 19.5. The largest absolute Gasteiger partial charge is 0.379 e. The Kier molecular flexibility index (Phi) is 6.70. The summed E-state index contributed by atoms with van der Waals surface area (Å²) in [5, 5.41) is 12.4. The van der Waals surface area contributed by atoms with Crippen molar-refractivity contribution in [3.05, 3.63) is 117 Å². The van der Waals surface area contributed by atoms with Gasteiger partial charge in [0.05, 0.1) is 16.4 Å². The third-order valence-electron chi connectivity index (χ3n) is 5.78. The molecule has 0 aliphatic carbocycles. The van der Waals surface area contributed by atoms with Crippen LogP contribution in [0.2, 0.25) is 0 Å². The molecule has 0 spiro atoms. The van der Waals surface area contributed by atoms with Crippen LogP contribution in [0.1, 0.15) is 11.1 Å². The second kappa shape index (κ2) is 10.1. The minimum Gasteiger partial charge on any atom is -0.379 e. The number of carbonyl (C=O) groups is 2. The highest BCUT2D eigenvalue weighted by Crippen LogP contribution is 2.34. The molecule has 1 heterocycles. The summed E-state index contributed by atoms with van der Waals surface area (Å²) in [6, 6.07) is 24.0. The van der Waals surface area contributed by atoms with Crippen LogP contribution in [0.3, 0.4) is 0 Å². The van der Waals surface area contributed by atoms with E-state index in [1.54, 1.807) is 30.3 Å². The second-order valence-corrected chi connectivity index (χ2v) is 10.8. The Morgan fingerprint density at radius 1 is 0.895 bits per heavy atom. The van der Waals surface area contributed by atoms with Crippen molar-refractivity contribution in [3.8, 4) is 5.75 Å². The van der Waals surface area contributed by atoms with E-state index in [-0.39, 0.29) is 33.3 Å². The molecular weight excluding hydrogens is 528 g/mol. The summed E-state index contributed by atoms with van der Waals surface area (Å²) in [5.74, 6) is -0.489. The molecule has 9 nitrogen and oxygen atoms in total. The highest BCUT2D eigenvalue weighted by Gasteiger charge is 2.36. The lowest BCUT2D eigenvalue weighted by Gasteiger charge is -2.12. The topological polar surface area (TPSA) is 124 Å². The first-order valence-corrected chi connectivity index (χ1v) is 13.4. The predicted octanol–water partition coefficient (Wildman–Crippen LogP) is 5.75. The molecule has 1 aliphatic rings. The fourth-order valence-electron chi connectivity index (χ4n) is 3.90. The summed E-state index contributed by atoms with van der Waals surface area (Å²) < 4.78 is 30.8. The van der Waals surface area contributed by atoms with E-state index in [1.165, 1.54) is 42.5 Å². The molecule has 2 amide bonds. The average Bonchev–Trinajstić information content (AvgIpc) is 3.16. The predicted molar refractivity (Wildman–Crippen MR) is 143 cm³/mol. The normalized spacial score (nSPS) is 14.8. The van der Waals surface area contributed by atoms with Crippen molar-refractivity contribution in [1.82, 2.24) is 4.90 Å². The van der Waals surface area contributed by atoms with Gasteiger partial charge in [-0.2, -0.15) is 8.42 Å². The first kappa shape index (κ1) is 25.2. The number of hydrogen-bond donors (Lipinski definition) is 0. The van der Waals surface area contributed by atoms with E-state index < -0.39 is 26.2 Å². The van der Waals surface area contributed by atoms with Gasteiger partial charge in [-0.3, -0.25) is 24.6 Å². The van der Waals surface area contributed by atoms with E-state index in [1.807, 2.05) is 24.3 Å². The van der Waals surface area contributed by atoms with Crippen LogP contribution >= 0.6 is 11.8 Å². The Bertz CT molecular complexity index is 1730. The Labute approximate surface area is 221 Å². The number of rotatable bonds is 7. The van der Waals surface area contributed by atoms with Crippen LogP contribution in [-0.4, -0.2) is 29.4 Å². The maximum atomic E-state index is 12.9. The summed E-state index contributed by atoms with van der Waals surface area (Å²) in [6.07, 6.45) is 1.49. The molecular formula is C27H18N2O7S2. The van der Waals surface area contributed by atoms with E-state index >= 15 is 0 Å². The minimum absolute atomic E-state index is 0.0209. The molecule has 38 heavy (non-hydrogen) atoms. The molecule has 1 aliphatic heterocycles. The fraction of sp³-hybridized carbons (Fsp3) is 0.0370. The van der Waals surface area contributed by atoms with Gasteiger partial charge in [0.2, 0.25) is 0 Å². The van der Waals surface area contributed by atoms with Gasteiger partial charge in [-0.15, -0.1) is 0 Å². The van der Waals surface area contributed by atoms with Gasteiger partial charge < -0.3 is 4.18 Å². The highest BCUT2D eigenvalue weighted by atomic mass is 32.2. The van der Waals surface area contributed by atoms with Crippen molar-refractivity contribution in [2.45, 2.75) is 11.4 Å². The van der Waals surface area contributed by atoms with E-state index in [9.17, 15) is 28.1 Å². The number of imide groups is 1. The van der Waals surface area contributed by atoms with E-state index in [4.69, 9.17) is 4.18 Å². The van der Waals surface area contributed by atoms with Crippen molar-refractivity contribution in [3.63, 3.8) is 0 Å². The Balaban J connectivity index is 1.31. The van der Waals surface area contributed by atoms with Crippen LogP contribution in [-0.2, 0) is 21.5 Å². The quantitative estimate of drug-likeness (QED) is 0.124. The first-order valence-electron chi connectivity index (χ1n) is 11.2. The number of para-hydroxylation sites is 1. The monoisotopic (exact) mass is 546 g/mol. The minimum atomic E-state index is -4.08. The van der Waals surface area contributed by atoms with Crippen LogP contribution in [0.15, 0.2) is 101 Å². The zero-order valence-corrected chi connectivity index (χ0v) is 21.1. The first-order chi connectivity index (χ1) is 18.2. The van der Waals surface area contributed by atoms with Crippen LogP contribution in [0.5, 0.6) is 5.75 Å². The molecule has 1 fully saturated rings. The van der Waals surface area contributed by atoms with Crippen molar-refractivity contribution in [2.24, 2.45) is 0 Å². The molecule has 4 aromatic carbocycles. The number of amides is 2. The lowest BCUT2D eigenvalue weighted by molar-refractivity contribution is -0.385. The van der Waals surface area contributed by atoms with E-state index in [0.717, 1.165) is 27.4 Å². The molecule has 190 valence electrons. The Morgan fingerprint density at radius 2 is 1.58 bits per heavy atom. The SMILES string of the molecule is O=C1S/C(=C\c2ccc(OS(=O)(=O)c3ccc4ccccc4c3)cc2)C(=O)N1Cc1ccccc1[N+](=O)[O-]. The van der Waals surface area contributed by atoms with E-state index in [2.05, 4.69) is 0 Å². The molecule has 0 saturated carbocycles. The van der Waals surface area contributed by atoms with Crippen molar-refractivity contribution in [1.29, 1.82) is 0 Å². The van der Waals surface area contributed by atoms with Crippen LogP contribution in [0, 0.1) is 10.1 Å². The van der Waals surface area contributed by atoms with Crippen LogP contribution < -0.4 is 4.18 Å².